The van der Waals surface area contributed by atoms with Gasteiger partial charge < -0.3 is 14.8 Å². The van der Waals surface area contributed by atoms with Gasteiger partial charge in [0.05, 0.1) is 19.3 Å². The summed E-state index contributed by atoms with van der Waals surface area (Å²) in [4.78, 5) is 5.26. The highest BCUT2D eigenvalue weighted by Crippen LogP contribution is 2.19. The van der Waals surface area contributed by atoms with E-state index in [0.717, 1.165) is 52.0 Å². The highest BCUT2D eigenvalue weighted by atomic mass is 16.5. The summed E-state index contributed by atoms with van der Waals surface area (Å²) in [6.07, 6.45) is 4.23. The fraction of sp³-hybridized carbons (Fsp3) is 1.00. The summed E-state index contributed by atoms with van der Waals surface area (Å²) < 4.78 is 11.1. The van der Waals surface area contributed by atoms with Crippen molar-refractivity contribution >= 4 is 0 Å². The zero-order valence-corrected chi connectivity index (χ0v) is 13.4. The lowest BCUT2D eigenvalue weighted by Gasteiger charge is -2.33. The van der Waals surface area contributed by atoms with Gasteiger partial charge >= 0.3 is 0 Å². The third-order valence-electron chi connectivity index (χ3n) is 5.22. The van der Waals surface area contributed by atoms with E-state index in [4.69, 9.17) is 9.47 Å². The second-order valence-corrected chi connectivity index (χ2v) is 6.73. The highest BCUT2D eigenvalue weighted by molar-refractivity contribution is 4.87. The van der Waals surface area contributed by atoms with Crippen LogP contribution >= 0.6 is 0 Å². The molecule has 3 heterocycles. The number of rotatable bonds is 6. The van der Waals surface area contributed by atoms with Crippen LogP contribution in [0.1, 0.15) is 26.2 Å². The Morgan fingerprint density at radius 1 is 1.14 bits per heavy atom. The molecular formula is C16H31N3O2. The molecule has 21 heavy (non-hydrogen) atoms. The summed E-state index contributed by atoms with van der Waals surface area (Å²) in [7, 11) is 0. The number of nitrogens with one attached hydrogen (secondary N) is 1. The Morgan fingerprint density at radius 3 is 2.76 bits per heavy atom. The average Bonchev–Trinajstić information content (AvgIpc) is 3.20. The van der Waals surface area contributed by atoms with Crippen LogP contribution in [0.3, 0.4) is 0 Å². The molecule has 3 saturated heterocycles. The molecule has 3 fully saturated rings. The number of likely N-dealkylation sites (tertiary alicyclic amines) is 1. The van der Waals surface area contributed by atoms with Crippen molar-refractivity contribution < 1.29 is 9.47 Å². The molecule has 0 bridgehead atoms. The van der Waals surface area contributed by atoms with E-state index in [1.807, 2.05) is 0 Å². The Balaban J connectivity index is 1.34. The lowest BCUT2D eigenvalue weighted by molar-refractivity contribution is 0.0177. The predicted molar refractivity (Wildman–Crippen MR) is 83.7 cm³/mol. The third-order valence-corrected chi connectivity index (χ3v) is 5.22. The SMILES string of the molecule is CC(CNCC1CCCO1)N1CCC(N2CCOCC2)C1. The van der Waals surface area contributed by atoms with E-state index >= 15 is 0 Å². The number of nitrogens with zero attached hydrogens (tertiary/aromatic N) is 2. The minimum absolute atomic E-state index is 0.455. The molecule has 0 radical (unpaired) electrons. The topological polar surface area (TPSA) is 37.0 Å². The summed E-state index contributed by atoms with van der Waals surface area (Å²) >= 11 is 0. The molecule has 1 N–H and O–H groups in total. The van der Waals surface area contributed by atoms with Gasteiger partial charge in [-0.1, -0.05) is 0 Å². The first kappa shape index (κ1) is 15.7. The van der Waals surface area contributed by atoms with Crippen LogP contribution in [0.5, 0.6) is 0 Å². The van der Waals surface area contributed by atoms with Gasteiger partial charge in [0.25, 0.3) is 0 Å². The van der Waals surface area contributed by atoms with E-state index in [9.17, 15) is 0 Å². The molecule has 3 unspecified atom stereocenters. The first-order valence-corrected chi connectivity index (χ1v) is 8.71. The second kappa shape index (κ2) is 7.88. The Labute approximate surface area is 128 Å². The monoisotopic (exact) mass is 297 g/mol. The molecule has 3 aliphatic rings. The van der Waals surface area contributed by atoms with E-state index < -0.39 is 0 Å². The van der Waals surface area contributed by atoms with Gasteiger partial charge in [-0.2, -0.15) is 0 Å². The average molecular weight is 297 g/mol. The van der Waals surface area contributed by atoms with Gasteiger partial charge in [0.15, 0.2) is 0 Å². The fourth-order valence-electron chi connectivity index (χ4n) is 3.80. The summed E-state index contributed by atoms with van der Waals surface area (Å²) in [5.74, 6) is 0. The van der Waals surface area contributed by atoms with Gasteiger partial charge in [-0.3, -0.25) is 9.80 Å². The maximum absolute atomic E-state index is 5.66. The van der Waals surface area contributed by atoms with E-state index in [1.165, 1.54) is 32.4 Å². The lowest BCUT2D eigenvalue weighted by Crippen LogP contribution is -2.46. The molecular weight excluding hydrogens is 266 g/mol. The zero-order valence-electron chi connectivity index (χ0n) is 13.4. The van der Waals surface area contributed by atoms with Crippen LogP contribution < -0.4 is 5.32 Å². The Kier molecular flexibility index (Phi) is 5.89. The Hall–Kier alpha value is -0.200. The van der Waals surface area contributed by atoms with Crippen molar-refractivity contribution in [3.8, 4) is 0 Å². The standard InChI is InChI=1S/C16H31N3O2/c1-14(11-17-12-16-3-2-8-21-16)19-5-4-15(13-19)18-6-9-20-10-7-18/h14-17H,2-13H2,1H3. The van der Waals surface area contributed by atoms with Crippen molar-refractivity contribution in [2.75, 3.05) is 59.1 Å². The fourth-order valence-corrected chi connectivity index (χ4v) is 3.80. The van der Waals surface area contributed by atoms with Crippen molar-refractivity contribution in [2.45, 2.75) is 44.4 Å². The summed E-state index contributed by atoms with van der Waals surface area (Å²) in [6.45, 7) is 11.9. The minimum Gasteiger partial charge on any atom is -0.379 e. The van der Waals surface area contributed by atoms with Crippen LogP contribution in [-0.2, 0) is 9.47 Å². The highest BCUT2D eigenvalue weighted by Gasteiger charge is 2.30. The van der Waals surface area contributed by atoms with E-state index in [2.05, 4.69) is 22.0 Å². The van der Waals surface area contributed by atoms with Crippen LogP contribution in [0.25, 0.3) is 0 Å². The van der Waals surface area contributed by atoms with Crippen LogP contribution in [0.4, 0.5) is 0 Å². The van der Waals surface area contributed by atoms with E-state index in [1.54, 1.807) is 0 Å². The zero-order chi connectivity index (χ0) is 14.5. The van der Waals surface area contributed by atoms with Crippen molar-refractivity contribution in [2.24, 2.45) is 0 Å². The van der Waals surface area contributed by atoms with Gasteiger partial charge in [0.1, 0.15) is 0 Å². The molecule has 3 rings (SSSR count). The van der Waals surface area contributed by atoms with E-state index in [0.29, 0.717) is 12.1 Å². The number of morpholine rings is 1. The minimum atomic E-state index is 0.455. The summed E-state index contributed by atoms with van der Waals surface area (Å²) in [6, 6.07) is 1.37. The number of hydrogen-bond acceptors (Lipinski definition) is 5. The van der Waals surface area contributed by atoms with Crippen molar-refractivity contribution in [3.05, 3.63) is 0 Å². The molecule has 3 aliphatic heterocycles. The maximum atomic E-state index is 5.66. The van der Waals surface area contributed by atoms with Gasteiger partial charge in [-0.05, 0) is 26.2 Å². The third kappa shape index (κ3) is 4.39. The van der Waals surface area contributed by atoms with Crippen LogP contribution in [0, 0.1) is 0 Å². The molecule has 5 heteroatoms. The van der Waals surface area contributed by atoms with Crippen LogP contribution in [0.15, 0.2) is 0 Å². The van der Waals surface area contributed by atoms with Crippen molar-refractivity contribution in [3.63, 3.8) is 0 Å². The smallest absolute Gasteiger partial charge is 0.0700 e. The van der Waals surface area contributed by atoms with E-state index in [-0.39, 0.29) is 0 Å². The molecule has 5 nitrogen and oxygen atoms in total. The van der Waals surface area contributed by atoms with Crippen molar-refractivity contribution in [1.82, 2.24) is 15.1 Å². The molecule has 0 aromatic rings. The van der Waals surface area contributed by atoms with Crippen molar-refractivity contribution in [1.29, 1.82) is 0 Å². The molecule has 0 aromatic carbocycles. The van der Waals surface area contributed by atoms with Gasteiger partial charge in [-0.25, -0.2) is 0 Å². The van der Waals surface area contributed by atoms with Gasteiger partial charge in [-0.15, -0.1) is 0 Å². The normalized spacial score (nSPS) is 33.6. The number of hydrogen-bond donors (Lipinski definition) is 1. The molecule has 0 spiro atoms. The largest absolute Gasteiger partial charge is 0.379 e. The van der Waals surface area contributed by atoms with Gasteiger partial charge in [0, 0.05) is 58.0 Å². The lowest BCUT2D eigenvalue weighted by atomic mass is 10.2. The number of ether oxygens (including phenoxy) is 2. The quantitative estimate of drug-likeness (QED) is 0.775. The van der Waals surface area contributed by atoms with Gasteiger partial charge in [0.2, 0.25) is 0 Å². The Morgan fingerprint density at radius 2 is 2.00 bits per heavy atom. The predicted octanol–water partition coefficient (Wildman–Crippen LogP) is 0.550. The summed E-state index contributed by atoms with van der Waals surface area (Å²) in [5.41, 5.74) is 0. The molecule has 3 atom stereocenters. The maximum Gasteiger partial charge on any atom is 0.0700 e. The first-order chi connectivity index (χ1) is 10.3. The summed E-state index contributed by atoms with van der Waals surface area (Å²) in [5, 5.41) is 3.60. The Bertz CT molecular complexity index is 304. The van der Waals surface area contributed by atoms with Crippen LogP contribution in [-0.4, -0.2) is 87.1 Å². The molecule has 0 saturated carbocycles. The molecule has 0 aliphatic carbocycles. The molecule has 0 amide bonds. The second-order valence-electron chi connectivity index (χ2n) is 6.73. The first-order valence-electron chi connectivity index (χ1n) is 8.71. The molecule has 0 aromatic heterocycles. The molecule has 122 valence electrons. The van der Waals surface area contributed by atoms with Crippen LogP contribution in [0.2, 0.25) is 0 Å².